The van der Waals surface area contributed by atoms with Crippen molar-refractivity contribution in [3.63, 3.8) is 0 Å². The van der Waals surface area contributed by atoms with Crippen molar-refractivity contribution in [2.45, 2.75) is 18.8 Å². The van der Waals surface area contributed by atoms with Gasteiger partial charge in [-0.2, -0.15) is 5.10 Å². The molecule has 5 heteroatoms. The predicted molar refractivity (Wildman–Crippen MR) is 76.2 cm³/mol. The van der Waals surface area contributed by atoms with Crippen molar-refractivity contribution in [1.29, 1.82) is 0 Å². The second kappa shape index (κ2) is 5.05. The molecule has 2 heterocycles. The van der Waals surface area contributed by atoms with Gasteiger partial charge in [-0.15, -0.1) is 11.6 Å². The van der Waals surface area contributed by atoms with E-state index in [4.69, 9.17) is 11.6 Å². The maximum atomic E-state index is 5.99. The molecule has 0 aliphatic heterocycles. The van der Waals surface area contributed by atoms with E-state index in [1.807, 2.05) is 42.2 Å². The average molecular weight is 275 g/mol. The van der Waals surface area contributed by atoms with Crippen molar-refractivity contribution < 1.29 is 0 Å². The lowest BCUT2D eigenvalue weighted by atomic mass is 10.3. The summed E-state index contributed by atoms with van der Waals surface area (Å²) >= 11 is 5.99. The molecule has 0 saturated carbocycles. The molecule has 0 unspecified atom stereocenters. The second-order valence-electron chi connectivity index (χ2n) is 4.50. The average Bonchev–Trinajstić information content (AvgIpc) is 2.99. The van der Waals surface area contributed by atoms with Gasteiger partial charge in [0.05, 0.1) is 16.9 Å². The van der Waals surface area contributed by atoms with E-state index >= 15 is 0 Å². The number of rotatable bonds is 4. The number of hydrogen-bond donors (Lipinski definition) is 0. The zero-order valence-electron chi connectivity index (χ0n) is 10.8. The molecule has 0 aliphatic rings. The van der Waals surface area contributed by atoms with Crippen LogP contribution >= 0.6 is 11.6 Å². The first-order valence-corrected chi connectivity index (χ1v) is 6.80. The minimum absolute atomic E-state index is 0.431. The Hall–Kier alpha value is -1.81. The van der Waals surface area contributed by atoms with Crippen LogP contribution in [0, 0.1) is 0 Å². The third-order valence-electron chi connectivity index (χ3n) is 3.37. The number of aryl methyl sites for hydroxylation is 3. The summed E-state index contributed by atoms with van der Waals surface area (Å²) in [5.74, 6) is 1.35. The fraction of sp³-hybridized carbons (Fsp3) is 0.286. The molecule has 3 rings (SSSR count). The van der Waals surface area contributed by atoms with Crippen LogP contribution in [0.25, 0.3) is 11.0 Å². The summed E-state index contributed by atoms with van der Waals surface area (Å²) in [6, 6.07) is 10.2. The highest BCUT2D eigenvalue weighted by Crippen LogP contribution is 2.18. The Balaban J connectivity index is 1.93. The standard InChI is InChI=1S/C14H15ClN4/c1-18-11(6-8-16-18)7-9-19-13-5-3-2-4-12(13)17-14(19)10-15/h2-6,8H,7,9-10H2,1H3. The number of benzene rings is 1. The lowest BCUT2D eigenvalue weighted by molar-refractivity contribution is 0.634. The smallest absolute Gasteiger partial charge is 0.124 e. The molecule has 0 bridgehead atoms. The van der Waals surface area contributed by atoms with Gasteiger partial charge >= 0.3 is 0 Å². The zero-order chi connectivity index (χ0) is 13.2. The van der Waals surface area contributed by atoms with Gasteiger partial charge in [0.2, 0.25) is 0 Å². The Morgan fingerprint density at radius 1 is 1.21 bits per heavy atom. The lowest BCUT2D eigenvalue weighted by Crippen LogP contribution is -2.07. The summed E-state index contributed by atoms with van der Waals surface area (Å²) in [7, 11) is 1.96. The van der Waals surface area contributed by atoms with Gasteiger partial charge < -0.3 is 4.57 Å². The Morgan fingerprint density at radius 3 is 2.79 bits per heavy atom. The van der Waals surface area contributed by atoms with E-state index in [9.17, 15) is 0 Å². The largest absolute Gasteiger partial charge is 0.327 e. The number of nitrogens with zero attached hydrogens (tertiary/aromatic N) is 4. The van der Waals surface area contributed by atoms with Crippen LogP contribution in [0.5, 0.6) is 0 Å². The molecule has 0 amide bonds. The van der Waals surface area contributed by atoms with E-state index < -0.39 is 0 Å². The van der Waals surface area contributed by atoms with Crippen LogP contribution in [0.4, 0.5) is 0 Å². The first-order valence-electron chi connectivity index (χ1n) is 6.26. The molecule has 3 aromatic rings. The second-order valence-corrected chi connectivity index (χ2v) is 4.77. The number of alkyl halides is 1. The molecule has 98 valence electrons. The van der Waals surface area contributed by atoms with Crippen LogP contribution in [0.15, 0.2) is 36.5 Å². The highest BCUT2D eigenvalue weighted by molar-refractivity contribution is 6.16. The topological polar surface area (TPSA) is 35.6 Å². The fourth-order valence-corrected chi connectivity index (χ4v) is 2.55. The van der Waals surface area contributed by atoms with Gasteiger partial charge in [-0.3, -0.25) is 4.68 Å². The molecule has 0 fully saturated rings. The number of para-hydroxylation sites is 2. The SMILES string of the molecule is Cn1nccc1CCn1c(CCl)nc2ccccc21. The molecule has 0 spiro atoms. The monoisotopic (exact) mass is 274 g/mol. The Labute approximate surface area is 116 Å². The van der Waals surface area contributed by atoms with E-state index in [0.29, 0.717) is 5.88 Å². The summed E-state index contributed by atoms with van der Waals surface area (Å²) in [5, 5.41) is 4.19. The molecule has 2 aromatic heterocycles. The van der Waals surface area contributed by atoms with Crippen LogP contribution in [0.2, 0.25) is 0 Å². The Morgan fingerprint density at radius 2 is 2.05 bits per heavy atom. The van der Waals surface area contributed by atoms with Gasteiger partial charge in [0.1, 0.15) is 5.82 Å². The van der Waals surface area contributed by atoms with Crippen molar-refractivity contribution in [2.24, 2.45) is 7.05 Å². The van der Waals surface area contributed by atoms with Crippen molar-refractivity contribution in [3.8, 4) is 0 Å². The third-order valence-corrected chi connectivity index (χ3v) is 3.61. The highest BCUT2D eigenvalue weighted by atomic mass is 35.5. The first-order chi connectivity index (χ1) is 9.29. The minimum Gasteiger partial charge on any atom is -0.327 e. The Kier molecular flexibility index (Phi) is 3.25. The molecule has 0 atom stereocenters. The van der Waals surface area contributed by atoms with Crippen LogP contribution in [0.3, 0.4) is 0 Å². The molecule has 0 N–H and O–H groups in total. The van der Waals surface area contributed by atoms with Crippen molar-refractivity contribution in [2.75, 3.05) is 0 Å². The molecular formula is C14H15ClN4. The van der Waals surface area contributed by atoms with Gasteiger partial charge in [-0.1, -0.05) is 12.1 Å². The van der Waals surface area contributed by atoms with E-state index in [1.54, 1.807) is 0 Å². The maximum absolute atomic E-state index is 5.99. The molecule has 0 saturated heterocycles. The van der Waals surface area contributed by atoms with Crippen molar-refractivity contribution in [3.05, 3.63) is 48.0 Å². The molecule has 0 radical (unpaired) electrons. The van der Waals surface area contributed by atoms with Crippen LogP contribution in [-0.4, -0.2) is 19.3 Å². The summed E-state index contributed by atoms with van der Waals surface area (Å²) in [4.78, 5) is 4.56. The van der Waals surface area contributed by atoms with E-state index in [1.165, 1.54) is 5.69 Å². The van der Waals surface area contributed by atoms with Gasteiger partial charge in [0.15, 0.2) is 0 Å². The zero-order valence-corrected chi connectivity index (χ0v) is 11.5. The third kappa shape index (κ3) is 2.24. The van der Waals surface area contributed by atoms with Crippen molar-refractivity contribution in [1.82, 2.24) is 19.3 Å². The van der Waals surface area contributed by atoms with Crippen molar-refractivity contribution >= 4 is 22.6 Å². The molecule has 1 aromatic carbocycles. The fourth-order valence-electron chi connectivity index (χ4n) is 2.35. The highest BCUT2D eigenvalue weighted by Gasteiger charge is 2.09. The summed E-state index contributed by atoms with van der Waals surface area (Å²) in [6.07, 6.45) is 2.74. The van der Waals surface area contributed by atoms with Crippen LogP contribution in [-0.2, 0) is 25.9 Å². The van der Waals surface area contributed by atoms with E-state index in [0.717, 1.165) is 29.8 Å². The molecule has 0 aliphatic carbocycles. The van der Waals surface area contributed by atoms with Gasteiger partial charge in [0, 0.05) is 31.9 Å². The number of aromatic nitrogens is 4. The summed E-state index contributed by atoms with van der Waals surface area (Å²) in [5.41, 5.74) is 3.35. The molecule has 19 heavy (non-hydrogen) atoms. The molecular weight excluding hydrogens is 260 g/mol. The number of fused-ring (bicyclic) bond motifs is 1. The van der Waals surface area contributed by atoms with Gasteiger partial charge in [0.25, 0.3) is 0 Å². The van der Waals surface area contributed by atoms with Crippen LogP contribution in [0.1, 0.15) is 11.5 Å². The van der Waals surface area contributed by atoms with Gasteiger partial charge in [-0.05, 0) is 18.2 Å². The first kappa shape index (κ1) is 12.2. The van der Waals surface area contributed by atoms with Crippen LogP contribution < -0.4 is 0 Å². The Bertz CT molecular complexity index is 698. The lowest BCUT2D eigenvalue weighted by Gasteiger charge is -2.08. The number of halogens is 1. The summed E-state index contributed by atoms with van der Waals surface area (Å²) in [6.45, 7) is 0.863. The number of imidazole rings is 1. The quantitative estimate of drug-likeness (QED) is 0.686. The van der Waals surface area contributed by atoms with Gasteiger partial charge in [-0.25, -0.2) is 4.98 Å². The van der Waals surface area contributed by atoms with E-state index in [2.05, 4.69) is 20.7 Å². The predicted octanol–water partition coefficient (Wildman–Crippen LogP) is 2.75. The normalized spacial score (nSPS) is 11.3. The van der Waals surface area contributed by atoms with E-state index in [-0.39, 0.29) is 0 Å². The minimum atomic E-state index is 0.431. The maximum Gasteiger partial charge on any atom is 0.124 e. The number of hydrogen-bond acceptors (Lipinski definition) is 2. The summed E-state index contributed by atoms with van der Waals surface area (Å²) < 4.78 is 4.09. The molecule has 4 nitrogen and oxygen atoms in total.